The summed E-state index contributed by atoms with van der Waals surface area (Å²) in [6, 6.07) is 3.34. The molecule has 0 heterocycles. The molecule has 0 atom stereocenters. The van der Waals surface area contributed by atoms with Crippen molar-refractivity contribution in [1.82, 2.24) is 10.0 Å². The number of urea groups is 1. The number of amides is 3. The molecule has 1 aliphatic rings. The van der Waals surface area contributed by atoms with Crippen molar-refractivity contribution in [2.75, 3.05) is 0 Å². The van der Waals surface area contributed by atoms with Crippen LogP contribution in [0.4, 0.5) is 4.79 Å². The normalized spacial score (nSPS) is 14.6. The van der Waals surface area contributed by atoms with Crippen molar-refractivity contribution in [1.29, 1.82) is 0 Å². The molecule has 162 valence electrons. The van der Waals surface area contributed by atoms with Crippen molar-refractivity contribution in [3.63, 3.8) is 0 Å². The number of halogens is 1. The summed E-state index contributed by atoms with van der Waals surface area (Å²) >= 11 is 0. The molecule has 1 saturated carbocycles. The van der Waals surface area contributed by atoms with Crippen LogP contribution in [0.5, 0.6) is 0 Å². The maximum atomic E-state index is 12.8. The maximum Gasteiger partial charge on any atom is 0.328 e. The first-order chi connectivity index (χ1) is 13.1. The highest BCUT2D eigenvalue weighted by molar-refractivity contribution is 7.90. The van der Waals surface area contributed by atoms with Crippen molar-refractivity contribution >= 4 is 40.3 Å². The lowest BCUT2D eigenvalue weighted by Crippen LogP contribution is -2.45. The molecule has 0 bridgehead atoms. The number of hydrogen-bond donors (Lipinski definition) is 4. The summed E-state index contributed by atoms with van der Waals surface area (Å²) in [5.41, 5.74) is 10.9. The number of guanidine groups is 1. The van der Waals surface area contributed by atoms with E-state index >= 15 is 0 Å². The fourth-order valence-corrected chi connectivity index (χ4v) is 4.51. The smallest absolute Gasteiger partial charge is 0.328 e. The van der Waals surface area contributed by atoms with Gasteiger partial charge in [-0.15, -0.1) is 12.4 Å². The summed E-state index contributed by atoms with van der Waals surface area (Å²) in [6.45, 7) is 3.63. The van der Waals surface area contributed by atoms with Crippen LogP contribution in [-0.2, 0) is 10.0 Å². The molecule has 2 rings (SSSR count). The third-order valence-corrected chi connectivity index (χ3v) is 5.96. The topological polar surface area (TPSA) is 157 Å². The highest BCUT2D eigenvalue weighted by Crippen LogP contribution is 2.25. The van der Waals surface area contributed by atoms with Gasteiger partial charge in [-0.25, -0.2) is 17.9 Å². The molecule has 0 aliphatic heterocycles. The second-order valence-electron chi connectivity index (χ2n) is 7.16. The largest absolute Gasteiger partial charge is 0.370 e. The van der Waals surface area contributed by atoms with Gasteiger partial charge in [0.15, 0.2) is 5.96 Å². The molecule has 9 nitrogen and oxygen atoms in total. The van der Waals surface area contributed by atoms with E-state index < -0.39 is 27.9 Å². The molecule has 0 saturated heterocycles. The Bertz CT molecular complexity index is 876. The number of hydrogen-bond acceptors (Lipinski definition) is 4. The molecule has 3 amide bonds. The molecule has 1 fully saturated rings. The minimum Gasteiger partial charge on any atom is -0.370 e. The lowest BCUT2D eigenvalue weighted by Gasteiger charge is -2.23. The molecule has 29 heavy (non-hydrogen) atoms. The average molecular weight is 446 g/mol. The van der Waals surface area contributed by atoms with Crippen molar-refractivity contribution in [3.05, 3.63) is 29.3 Å². The highest BCUT2D eigenvalue weighted by atomic mass is 35.5. The van der Waals surface area contributed by atoms with Crippen LogP contribution >= 0.6 is 12.4 Å². The van der Waals surface area contributed by atoms with E-state index in [0.29, 0.717) is 5.56 Å². The van der Waals surface area contributed by atoms with Crippen LogP contribution in [0.3, 0.4) is 0 Å². The van der Waals surface area contributed by atoms with Gasteiger partial charge in [-0.05, 0) is 36.5 Å². The summed E-state index contributed by atoms with van der Waals surface area (Å²) in [5, 5.41) is 2.71. The molecule has 1 aromatic rings. The minimum absolute atomic E-state index is 0. The Hall–Kier alpha value is -2.33. The molecule has 0 spiro atoms. The Morgan fingerprint density at radius 3 is 2.31 bits per heavy atom. The highest BCUT2D eigenvalue weighted by Gasteiger charge is 2.25. The summed E-state index contributed by atoms with van der Waals surface area (Å²) in [5.74, 6) is -1.34. The van der Waals surface area contributed by atoms with E-state index in [1.54, 1.807) is 0 Å². The van der Waals surface area contributed by atoms with Gasteiger partial charge >= 0.3 is 6.03 Å². The Labute approximate surface area is 177 Å². The van der Waals surface area contributed by atoms with Crippen LogP contribution in [0.25, 0.3) is 0 Å². The number of carbonyl (C=O) groups is 2. The number of aliphatic imine (C=N–C) groups is 1. The maximum absolute atomic E-state index is 12.8. The second kappa shape index (κ2) is 10.4. The summed E-state index contributed by atoms with van der Waals surface area (Å²) < 4.78 is 27.7. The monoisotopic (exact) mass is 445 g/mol. The van der Waals surface area contributed by atoms with Crippen LogP contribution in [0.2, 0.25) is 0 Å². The fourth-order valence-electron chi connectivity index (χ4n) is 3.20. The number of benzene rings is 1. The number of nitrogens with two attached hydrogens (primary N) is 2. The average Bonchev–Trinajstić information content (AvgIpc) is 2.60. The van der Waals surface area contributed by atoms with Gasteiger partial charge in [-0.1, -0.05) is 39.2 Å². The minimum atomic E-state index is -4.20. The van der Waals surface area contributed by atoms with E-state index in [1.807, 2.05) is 18.6 Å². The third-order valence-electron chi connectivity index (χ3n) is 4.57. The van der Waals surface area contributed by atoms with Crippen molar-refractivity contribution in [2.24, 2.45) is 16.5 Å². The van der Waals surface area contributed by atoms with Gasteiger partial charge in [-0.3, -0.25) is 4.79 Å². The zero-order chi connectivity index (χ0) is 20.9. The van der Waals surface area contributed by atoms with Gasteiger partial charge in [-0.2, -0.15) is 4.99 Å². The number of carbonyl (C=O) groups excluding carboxylic acids is 2. The number of nitrogens with one attached hydrogen (secondary N) is 2. The first-order valence-corrected chi connectivity index (χ1v) is 10.7. The van der Waals surface area contributed by atoms with E-state index in [2.05, 4.69) is 10.3 Å². The van der Waals surface area contributed by atoms with Gasteiger partial charge in [0, 0.05) is 11.6 Å². The van der Waals surface area contributed by atoms with E-state index in [9.17, 15) is 18.0 Å². The van der Waals surface area contributed by atoms with Crippen molar-refractivity contribution < 1.29 is 18.0 Å². The summed E-state index contributed by atoms with van der Waals surface area (Å²) in [7, 11) is -4.20. The van der Waals surface area contributed by atoms with E-state index in [0.717, 1.165) is 32.1 Å². The van der Waals surface area contributed by atoms with Crippen LogP contribution in [0.15, 0.2) is 28.1 Å². The standard InChI is InChI=1S/C18H27N5O4S.ClH/c1-11(2)14-9-8-12(16(24)22-17(19)20)10-15(14)28(26,27)23-18(25)21-13-6-4-3-5-7-13;/h8-11,13H,3-7H2,1-2H3,(H2,21,23,25)(H4,19,20,22,24);1H. The van der Waals surface area contributed by atoms with Crippen LogP contribution < -0.4 is 21.5 Å². The molecule has 0 unspecified atom stereocenters. The fraction of sp³-hybridized carbons (Fsp3) is 0.500. The predicted molar refractivity (Wildman–Crippen MR) is 114 cm³/mol. The third kappa shape index (κ3) is 6.90. The Balaban J connectivity index is 0.00000420. The van der Waals surface area contributed by atoms with Crippen LogP contribution in [0, 0.1) is 0 Å². The molecule has 1 aromatic carbocycles. The zero-order valence-electron chi connectivity index (χ0n) is 16.5. The Kier molecular flexibility index (Phi) is 8.90. The predicted octanol–water partition coefficient (Wildman–Crippen LogP) is 1.97. The van der Waals surface area contributed by atoms with Gasteiger partial charge in [0.1, 0.15) is 0 Å². The summed E-state index contributed by atoms with van der Waals surface area (Å²) in [4.78, 5) is 27.5. The first-order valence-electron chi connectivity index (χ1n) is 9.21. The molecule has 1 aliphatic carbocycles. The number of rotatable bonds is 5. The SMILES string of the molecule is CC(C)c1ccc(C(=O)N=C(N)N)cc1S(=O)(=O)NC(=O)NC1CCCCC1.Cl. The van der Waals surface area contributed by atoms with Crippen LogP contribution in [0.1, 0.15) is 67.8 Å². The van der Waals surface area contributed by atoms with Crippen LogP contribution in [-0.4, -0.2) is 32.4 Å². The lowest BCUT2D eigenvalue weighted by atomic mass is 9.96. The second-order valence-corrected chi connectivity index (χ2v) is 8.81. The van der Waals surface area contributed by atoms with Gasteiger partial charge in [0.25, 0.3) is 15.9 Å². The van der Waals surface area contributed by atoms with Crippen molar-refractivity contribution in [2.45, 2.75) is 62.8 Å². The molecule has 6 N–H and O–H groups in total. The van der Waals surface area contributed by atoms with Gasteiger partial charge in [0.05, 0.1) is 4.90 Å². The van der Waals surface area contributed by atoms with Gasteiger partial charge < -0.3 is 16.8 Å². The Morgan fingerprint density at radius 2 is 1.76 bits per heavy atom. The quantitative estimate of drug-likeness (QED) is 0.400. The number of sulfonamides is 1. The van der Waals surface area contributed by atoms with E-state index in [-0.39, 0.29) is 34.8 Å². The summed E-state index contributed by atoms with van der Waals surface area (Å²) in [6.07, 6.45) is 4.78. The zero-order valence-corrected chi connectivity index (χ0v) is 18.1. The van der Waals surface area contributed by atoms with Gasteiger partial charge in [0.2, 0.25) is 0 Å². The molecule has 0 aromatic heterocycles. The molecular weight excluding hydrogens is 418 g/mol. The first kappa shape index (κ1) is 24.7. The molecule has 11 heteroatoms. The van der Waals surface area contributed by atoms with Crippen molar-refractivity contribution in [3.8, 4) is 0 Å². The molecular formula is C18H28ClN5O4S. The molecule has 0 radical (unpaired) electrons. The Morgan fingerprint density at radius 1 is 1.14 bits per heavy atom. The number of nitrogens with zero attached hydrogens (tertiary/aromatic N) is 1. The van der Waals surface area contributed by atoms with E-state index in [1.165, 1.54) is 18.2 Å². The van der Waals surface area contributed by atoms with E-state index in [4.69, 9.17) is 11.5 Å². The lowest BCUT2D eigenvalue weighted by molar-refractivity contribution is 0.100.